The van der Waals surface area contributed by atoms with E-state index in [-0.39, 0.29) is 5.97 Å². The molecular formula is C16H21N3O3. The molecule has 1 N–H and O–H groups in total. The predicted molar refractivity (Wildman–Crippen MR) is 82.6 cm³/mol. The van der Waals surface area contributed by atoms with Gasteiger partial charge in [-0.25, -0.2) is 4.79 Å². The number of anilines is 1. The molecule has 0 atom stereocenters. The number of nitrogens with zero attached hydrogens (tertiary/aromatic N) is 2. The first-order valence-electron chi connectivity index (χ1n) is 7.55. The number of ether oxygens (including phenoxy) is 1. The van der Waals surface area contributed by atoms with Gasteiger partial charge in [-0.15, -0.1) is 0 Å². The zero-order valence-corrected chi connectivity index (χ0v) is 13.0. The zero-order chi connectivity index (χ0) is 15.8. The summed E-state index contributed by atoms with van der Waals surface area (Å²) in [5.41, 5.74) is 1.43. The molecule has 1 aromatic heterocycles. The Hall–Kier alpha value is -2.37. The molecule has 0 amide bonds. The first-order valence-corrected chi connectivity index (χ1v) is 7.55. The largest absolute Gasteiger partial charge is 0.462 e. The fourth-order valence-electron chi connectivity index (χ4n) is 1.80. The molecule has 22 heavy (non-hydrogen) atoms. The summed E-state index contributed by atoms with van der Waals surface area (Å²) in [6.07, 6.45) is 2.64. The smallest absolute Gasteiger partial charge is 0.338 e. The Morgan fingerprint density at radius 1 is 1.27 bits per heavy atom. The van der Waals surface area contributed by atoms with Crippen LogP contribution in [0.1, 0.15) is 48.8 Å². The Balaban J connectivity index is 1.84. The molecule has 0 aliphatic rings. The van der Waals surface area contributed by atoms with Gasteiger partial charge in [-0.1, -0.05) is 25.4 Å². The molecule has 0 saturated carbocycles. The third kappa shape index (κ3) is 4.58. The van der Waals surface area contributed by atoms with Crippen molar-refractivity contribution >= 4 is 11.7 Å². The second-order valence-electron chi connectivity index (χ2n) is 4.88. The highest BCUT2D eigenvalue weighted by Gasteiger charge is 2.07. The van der Waals surface area contributed by atoms with Gasteiger partial charge in [0.25, 0.3) is 0 Å². The van der Waals surface area contributed by atoms with E-state index in [2.05, 4.69) is 22.4 Å². The Bertz CT molecular complexity index is 593. The van der Waals surface area contributed by atoms with Crippen LogP contribution in [0.2, 0.25) is 0 Å². The number of carbonyl (C=O) groups is 1. The maximum Gasteiger partial charge on any atom is 0.338 e. The third-order valence-electron chi connectivity index (χ3n) is 3.12. The lowest BCUT2D eigenvalue weighted by atomic mass is 10.2. The van der Waals surface area contributed by atoms with E-state index in [1.54, 1.807) is 12.1 Å². The van der Waals surface area contributed by atoms with E-state index in [1.807, 2.05) is 19.1 Å². The number of hydrogen-bond donors (Lipinski definition) is 1. The molecule has 1 aromatic carbocycles. The maximum atomic E-state index is 11.8. The highest BCUT2D eigenvalue weighted by atomic mass is 16.5. The number of hydrogen-bond acceptors (Lipinski definition) is 6. The van der Waals surface area contributed by atoms with Crippen molar-refractivity contribution < 1.29 is 14.1 Å². The number of aromatic nitrogens is 2. The maximum absolute atomic E-state index is 11.8. The summed E-state index contributed by atoms with van der Waals surface area (Å²) >= 11 is 0. The first kappa shape index (κ1) is 16.0. The van der Waals surface area contributed by atoms with Crippen molar-refractivity contribution in [2.75, 3.05) is 11.9 Å². The summed E-state index contributed by atoms with van der Waals surface area (Å²) in [6.45, 7) is 4.95. The number of benzene rings is 1. The van der Waals surface area contributed by atoms with Crippen molar-refractivity contribution in [2.45, 2.75) is 39.7 Å². The van der Waals surface area contributed by atoms with Crippen molar-refractivity contribution in [2.24, 2.45) is 0 Å². The van der Waals surface area contributed by atoms with Crippen molar-refractivity contribution in [3.63, 3.8) is 0 Å². The van der Waals surface area contributed by atoms with Gasteiger partial charge in [0.1, 0.15) is 0 Å². The third-order valence-corrected chi connectivity index (χ3v) is 3.12. The molecule has 6 nitrogen and oxygen atoms in total. The lowest BCUT2D eigenvalue weighted by Crippen LogP contribution is -2.06. The van der Waals surface area contributed by atoms with E-state index in [9.17, 15) is 4.79 Å². The Kier molecular flexibility index (Phi) is 5.94. The standard InChI is InChI=1S/C16H21N3O3/c1-3-5-10-21-16(20)12-6-8-13(9-7-12)17-11-15-18-14(4-2)19-22-15/h6-9,17H,3-5,10-11H2,1-2H3. The van der Waals surface area contributed by atoms with Gasteiger partial charge in [0.05, 0.1) is 18.7 Å². The van der Waals surface area contributed by atoms with Crippen molar-refractivity contribution in [3.8, 4) is 0 Å². The van der Waals surface area contributed by atoms with Gasteiger partial charge in [0.15, 0.2) is 5.82 Å². The molecule has 2 aromatic rings. The summed E-state index contributed by atoms with van der Waals surface area (Å²) in [5.74, 6) is 0.950. The SMILES string of the molecule is CCCCOC(=O)c1ccc(NCc2nc(CC)no2)cc1. The van der Waals surface area contributed by atoms with Crippen LogP contribution in [0, 0.1) is 0 Å². The number of esters is 1. The van der Waals surface area contributed by atoms with E-state index in [1.165, 1.54) is 0 Å². The number of nitrogens with one attached hydrogen (secondary N) is 1. The molecule has 118 valence electrons. The number of carbonyl (C=O) groups excluding carboxylic acids is 1. The fourth-order valence-corrected chi connectivity index (χ4v) is 1.80. The van der Waals surface area contributed by atoms with E-state index in [0.29, 0.717) is 30.4 Å². The molecule has 0 saturated heterocycles. The summed E-state index contributed by atoms with van der Waals surface area (Å²) in [5, 5.41) is 7.00. The lowest BCUT2D eigenvalue weighted by molar-refractivity contribution is 0.0500. The minimum atomic E-state index is -0.288. The van der Waals surface area contributed by atoms with Crippen molar-refractivity contribution in [1.29, 1.82) is 0 Å². The van der Waals surface area contributed by atoms with Gasteiger partial charge < -0.3 is 14.6 Å². The molecule has 0 aliphatic heterocycles. The van der Waals surface area contributed by atoms with Crippen LogP contribution in [0.25, 0.3) is 0 Å². The summed E-state index contributed by atoms with van der Waals surface area (Å²) in [7, 11) is 0. The molecule has 0 aliphatic carbocycles. The summed E-state index contributed by atoms with van der Waals surface area (Å²) < 4.78 is 10.3. The topological polar surface area (TPSA) is 77.2 Å². The molecule has 0 unspecified atom stereocenters. The van der Waals surface area contributed by atoms with Crippen LogP contribution in [0.15, 0.2) is 28.8 Å². The molecule has 0 fully saturated rings. The zero-order valence-electron chi connectivity index (χ0n) is 13.0. The molecule has 1 heterocycles. The minimum Gasteiger partial charge on any atom is -0.462 e. The number of rotatable bonds is 8. The average Bonchev–Trinajstić information content (AvgIpc) is 3.01. The molecule has 2 rings (SSSR count). The Labute approximate surface area is 129 Å². The molecular weight excluding hydrogens is 282 g/mol. The lowest BCUT2D eigenvalue weighted by Gasteiger charge is -2.06. The predicted octanol–water partition coefficient (Wildman–Crippen LogP) is 3.20. The van der Waals surface area contributed by atoms with Crippen LogP contribution < -0.4 is 5.32 Å². The summed E-state index contributed by atoms with van der Waals surface area (Å²) in [6, 6.07) is 7.13. The molecule has 6 heteroatoms. The normalized spacial score (nSPS) is 10.5. The van der Waals surface area contributed by atoms with Gasteiger partial charge in [-0.3, -0.25) is 0 Å². The van der Waals surface area contributed by atoms with E-state index in [0.717, 1.165) is 24.9 Å². The van der Waals surface area contributed by atoms with Crippen LogP contribution in [0.4, 0.5) is 5.69 Å². The monoisotopic (exact) mass is 303 g/mol. The van der Waals surface area contributed by atoms with E-state index < -0.39 is 0 Å². The van der Waals surface area contributed by atoms with E-state index in [4.69, 9.17) is 9.26 Å². The van der Waals surface area contributed by atoms with E-state index >= 15 is 0 Å². The van der Waals surface area contributed by atoms with Gasteiger partial charge in [-0.2, -0.15) is 4.98 Å². The highest BCUT2D eigenvalue weighted by molar-refractivity contribution is 5.89. The number of unbranched alkanes of at least 4 members (excludes halogenated alkanes) is 1. The Morgan fingerprint density at radius 3 is 2.68 bits per heavy atom. The van der Waals surface area contributed by atoms with Gasteiger partial charge in [0, 0.05) is 12.1 Å². The number of aryl methyl sites for hydroxylation is 1. The Morgan fingerprint density at radius 2 is 2.05 bits per heavy atom. The van der Waals surface area contributed by atoms with Crippen molar-refractivity contribution in [1.82, 2.24) is 10.1 Å². The quantitative estimate of drug-likeness (QED) is 0.596. The second-order valence-corrected chi connectivity index (χ2v) is 4.88. The van der Waals surface area contributed by atoms with Crippen LogP contribution >= 0.6 is 0 Å². The highest BCUT2D eigenvalue weighted by Crippen LogP contribution is 2.12. The van der Waals surface area contributed by atoms with Gasteiger partial charge in [0.2, 0.25) is 5.89 Å². The minimum absolute atomic E-state index is 0.288. The first-order chi connectivity index (χ1) is 10.7. The molecule has 0 bridgehead atoms. The fraction of sp³-hybridized carbons (Fsp3) is 0.438. The van der Waals surface area contributed by atoms with Crippen LogP contribution in [-0.2, 0) is 17.7 Å². The summed E-state index contributed by atoms with van der Waals surface area (Å²) in [4.78, 5) is 16.0. The van der Waals surface area contributed by atoms with Crippen LogP contribution in [0.3, 0.4) is 0 Å². The average molecular weight is 303 g/mol. The second kappa shape index (κ2) is 8.17. The van der Waals surface area contributed by atoms with Crippen molar-refractivity contribution in [3.05, 3.63) is 41.5 Å². The van der Waals surface area contributed by atoms with Gasteiger partial charge in [-0.05, 0) is 30.7 Å². The molecule has 0 radical (unpaired) electrons. The molecule has 0 spiro atoms. The van der Waals surface area contributed by atoms with Gasteiger partial charge >= 0.3 is 5.97 Å². The van der Waals surface area contributed by atoms with Crippen LogP contribution in [-0.4, -0.2) is 22.7 Å². The van der Waals surface area contributed by atoms with Crippen LogP contribution in [0.5, 0.6) is 0 Å².